The third kappa shape index (κ3) is 4.87. The van der Waals surface area contributed by atoms with E-state index in [1.54, 1.807) is 31.4 Å². The number of allylic oxidation sites excluding steroid dienone is 1. The Hall–Kier alpha value is -3.50. The maximum absolute atomic E-state index is 14.3. The number of ether oxygens (including phenoxy) is 1. The third-order valence-corrected chi connectivity index (χ3v) is 6.74. The van der Waals surface area contributed by atoms with Gasteiger partial charge in [0, 0.05) is 24.6 Å². The van der Waals surface area contributed by atoms with Crippen molar-refractivity contribution in [2.75, 3.05) is 12.0 Å². The Morgan fingerprint density at radius 3 is 2.74 bits per heavy atom. The molecule has 4 aromatic rings. The number of carbonyl (C=O) groups is 1. The number of anilines is 2. The second-order valence-electron chi connectivity index (χ2n) is 7.12. The molecular formula is C24H22FN5O2S2. The number of amides is 1. The van der Waals surface area contributed by atoms with Crippen LogP contribution in [0.3, 0.4) is 0 Å². The summed E-state index contributed by atoms with van der Waals surface area (Å²) in [6.07, 6.45) is 1.78. The highest BCUT2D eigenvalue weighted by molar-refractivity contribution is 7.98. The predicted octanol–water partition coefficient (Wildman–Crippen LogP) is 5.71. The van der Waals surface area contributed by atoms with Gasteiger partial charge in [0.05, 0.1) is 24.1 Å². The molecule has 2 aromatic heterocycles. The van der Waals surface area contributed by atoms with Gasteiger partial charge in [-0.3, -0.25) is 14.3 Å². The highest BCUT2D eigenvalue weighted by Crippen LogP contribution is 2.34. The van der Waals surface area contributed by atoms with Gasteiger partial charge in [-0.2, -0.15) is 0 Å². The van der Waals surface area contributed by atoms with Crippen LogP contribution in [0.2, 0.25) is 0 Å². The van der Waals surface area contributed by atoms with E-state index in [2.05, 4.69) is 21.8 Å². The Bertz CT molecular complexity index is 1320. The molecule has 174 valence electrons. The molecule has 0 atom stereocenters. The van der Waals surface area contributed by atoms with Gasteiger partial charge in [-0.1, -0.05) is 42.1 Å². The number of thioether (sulfide) groups is 1. The minimum absolute atomic E-state index is 0.177. The fourth-order valence-corrected chi connectivity index (χ4v) is 5.19. The summed E-state index contributed by atoms with van der Waals surface area (Å²) in [6.45, 7) is 5.76. The molecule has 0 aliphatic carbocycles. The first-order valence-corrected chi connectivity index (χ1v) is 12.2. The van der Waals surface area contributed by atoms with Gasteiger partial charge in [0.2, 0.25) is 5.91 Å². The number of hydrogen-bond donors (Lipinski definition) is 0. The predicted molar refractivity (Wildman–Crippen MR) is 133 cm³/mol. The molecule has 0 saturated carbocycles. The maximum atomic E-state index is 14.3. The molecule has 34 heavy (non-hydrogen) atoms. The number of nitrogens with zero attached hydrogens (tertiary/aromatic N) is 5. The standard InChI is InChI=1S/C24H22FN5O2S2/c1-4-13-29-22(18-9-5-8-12-21(18)32-3)27-28-24(29)34-15-17-14-33-23(26-17)30(16(2)31)20-11-7-6-10-19(20)25/h4-12,14H,1,13,15H2,2-3H3. The topological polar surface area (TPSA) is 73.1 Å². The van der Waals surface area contributed by atoms with E-state index in [1.807, 2.05) is 34.2 Å². The summed E-state index contributed by atoms with van der Waals surface area (Å²) in [5.74, 6) is 1.09. The van der Waals surface area contributed by atoms with Gasteiger partial charge in [-0.05, 0) is 24.3 Å². The van der Waals surface area contributed by atoms with Crippen molar-refractivity contribution in [3.8, 4) is 17.1 Å². The van der Waals surface area contributed by atoms with E-state index in [-0.39, 0.29) is 11.6 Å². The lowest BCUT2D eigenvalue weighted by atomic mass is 10.2. The van der Waals surface area contributed by atoms with Crippen molar-refractivity contribution in [3.05, 3.63) is 78.1 Å². The number of aromatic nitrogens is 4. The molecule has 0 radical (unpaired) electrons. The SMILES string of the molecule is C=CCn1c(SCc2csc(N(C(C)=O)c3ccccc3F)n2)nnc1-c1ccccc1OC. The third-order valence-electron chi connectivity index (χ3n) is 4.86. The van der Waals surface area contributed by atoms with Crippen molar-refractivity contribution < 1.29 is 13.9 Å². The summed E-state index contributed by atoms with van der Waals surface area (Å²) in [6, 6.07) is 13.8. The van der Waals surface area contributed by atoms with Crippen molar-refractivity contribution in [1.82, 2.24) is 19.7 Å². The number of thiazole rings is 1. The molecule has 10 heteroatoms. The van der Waals surface area contributed by atoms with Gasteiger partial charge in [0.15, 0.2) is 16.1 Å². The van der Waals surface area contributed by atoms with Gasteiger partial charge >= 0.3 is 0 Å². The molecule has 1 amide bonds. The second-order valence-corrected chi connectivity index (χ2v) is 8.90. The molecule has 0 aliphatic heterocycles. The van der Waals surface area contributed by atoms with Gasteiger partial charge in [0.1, 0.15) is 11.6 Å². The Morgan fingerprint density at radius 2 is 2.00 bits per heavy atom. The normalized spacial score (nSPS) is 10.8. The summed E-state index contributed by atoms with van der Waals surface area (Å²) in [5.41, 5.74) is 1.76. The van der Waals surface area contributed by atoms with Gasteiger partial charge in [-0.15, -0.1) is 28.1 Å². The number of carbonyl (C=O) groups excluding carboxylic acids is 1. The van der Waals surface area contributed by atoms with E-state index in [0.29, 0.717) is 34.2 Å². The lowest BCUT2D eigenvalue weighted by molar-refractivity contribution is -0.115. The average Bonchev–Trinajstić information content (AvgIpc) is 3.46. The van der Waals surface area contributed by atoms with Crippen molar-refractivity contribution in [2.24, 2.45) is 0 Å². The molecule has 0 fully saturated rings. The number of benzene rings is 2. The molecule has 2 aromatic carbocycles. The molecule has 0 N–H and O–H groups in total. The summed E-state index contributed by atoms with van der Waals surface area (Å²) < 4.78 is 21.8. The van der Waals surface area contributed by atoms with Gasteiger partial charge in [0.25, 0.3) is 0 Å². The molecule has 0 spiro atoms. The van der Waals surface area contributed by atoms with Crippen molar-refractivity contribution in [3.63, 3.8) is 0 Å². The molecular weight excluding hydrogens is 473 g/mol. The quantitative estimate of drug-likeness (QED) is 0.219. The van der Waals surface area contributed by atoms with E-state index < -0.39 is 5.82 Å². The van der Waals surface area contributed by atoms with Crippen LogP contribution in [0.4, 0.5) is 15.2 Å². The minimum Gasteiger partial charge on any atom is -0.496 e. The van der Waals surface area contributed by atoms with Crippen LogP contribution < -0.4 is 9.64 Å². The Morgan fingerprint density at radius 1 is 1.24 bits per heavy atom. The zero-order valence-corrected chi connectivity index (χ0v) is 20.3. The van der Waals surface area contributed by atoms with Crippen LogP contribution in [0.1, 0.15) is 12.6 Å². The zero-order valence-electron chi connectivity index (χ0n) is 18.6. The highest BCUT2D eigenvalue weighted by Gasteiger charge is 2.22. The van der Waals surface area contributed by atoms with E-state index >= 15 is 0 Å². The van der Waals surface area contributed by atoms with Crippen LogP contribution in [0.5, 0.6) is 5.75 Å². The second kappa shape index (κ2) is 10.6. The monoisotopic (exact) mass is 495 g/mol. The van der Waals surface area contributed by atoms with Crippen LogP contribution in [0.25, 0.3) is 11.4 Å². The number of rotatable bonds is 9. The molecule has 2 heterocycles. The fraction of sp³-hybridized carbons (Fsp3) is 0.167. The van der Waals surface area contributed by atoms with E-state index in [4.69, 9.17) is 4.74 Å². The molecule has 0 unspecified atom stereocenters. The molecule has 0 bridgehead atoms. The van der Waals surface area contributed by atoms with Crippen molar-refractivity contribution >= 4 is 39.8 Å². The summed E-state index contributed by atoms with van der Waals surface area (Å²) in [5, 5.41) is 11.7. The number of hydrogen-bond acceptors (Lipinski definition) is 7. The number of halogens is 1. The first-order chi connectivity index (χ1) is 16.5. The maximum Gasteiger partial charge on any atom is 0.230 e. The Labute approximate surface area is 204 Å². The Balaban J connectivity index is 1.57. The molecule has 7 nitrogen and oxygen atoms in total. The van der Waals surface area contributed by atoms with Crippen LogP contribution >= 0.6 is 23.1 Å². The van der Waals surface area contributed by atoms with Crippen molar-refractivity contribution in [2.45, 2.75) is 24.4 Å². The van der Waals surface area contributed by atoms with Crippen molar-refractivity contribution in [1.29, 1.82) is 0 Å². The van der Waals surface area contributed by atoms with Crippen LogP contribution in [-0.4, -0.2) is 32.8 Å². The molecule has 0 saturated heterocycles. The van der Waals surface area contributed by atoms with Crippen LogP contribution in [0.15, 0.2) is 71.7 Å². The van der Waals surface area contributed by atoms with E-state index in [9.17, 15) is 9.18 Å². The molecule has 4 rings (SSSR count). The zero-order chi connectivity index (χ0) is 24.1. The van der Waals surface area contributed by atoms with E-state index in [0.717, 1.165) is 11.3 Å². The lowest BCUT2D eigenvalue weighted by Gasteiger charge is -2.18. The largest absolute Gasteiger partial charge is 0.496 e. The smallest absolute Gasteiger partial charge is 0.230 e. The number of methoxy groups -OCH3 is 1. The molecule has 0 aliphatic rings. The van der Waals surface area contributed by atoms with Gasteiger partial charge < -0.3 is 4.74 Å². The van der Waals surface area contributed by atoms with E-state index in [1.165, 1.54) is 41.0 Å². The minimum atomic E-state index is -0.481. The van der Waals surface area contributed by atoms with Gasteiger partial charge in [-0.25, -0.2) is 9.37 Å². The summed E-state index contributed by atoms with van der Waals surface area (Å²) >= 11 is 2.75. The Kier molecular flexibility index (Phi) is 7.39. The average molecular weight is 496 g/mol. The first kappa shape index (κ1) is 23.7. The summed E-state index contributed by atoms with van der Waals surface area (Å²) in [7, 11) is 1.62. The van der Waals surface area contributed by atoms with Crippen LogP contribution in [-0.2, 0) is 17.1 Å². The highest BCUT2D eigenvalue weighted by atomic mass is 32.2. The summed E-state index contributed by atoms with van der Waals surface area (Å²) in [4.78, 5) is 18.1. The first-order valence-electron chi connectivity index (χ1n) is 10.3. The van der Waals surface area contributed by atoms with Crippen LogP contribution in [0, 0.1) is 5.82 Å². The lowest BCUT2D eigenvalue weighted by Crippen LogP contribution is -2.23. The fourth-order valence-electron chi connectivity index (χ4n) is 3.36. The number of para-hydroxylation sites is 2.